The molecule has 1 aliphatic carbocycles. The van der Waals surface area contributed by atoms with Gasteiger partial charge in [0.25, 0.3) is 0 Å². The van der Waals surface area contributed by atoms with Crippen molar-refractivity contribution < 1.29 is 0 Å². The third-order valence-electron chi connectivity index (χ3n) is 4.80. The number of rotatable bonds is 5. The van der Waals surface area contributed by atoms with Gasteiger partial charge in [-0.25, -0.2) is 4.98 Å². The highest BCUT2D eigenvalue weighted by Gasteiger charge is 2.27. The van der Waals surface area contributed by atoms with Crippen LogP contribution in [0.2, 0.25) is 0 Å². The maximum Gasteiger partial charge on any atom is 0.0900 e. The Bertz CT molecular complexity index is 445. The van der Waals surface area contributed by atoms with Gasteiger partial charge in [-0.15, -0.1) is 11.3 Å². The lowest BCUT2D eigenvalue weighted by Crippen LogP contribution is -2.44. The predicted octanol–water partition coefficient (Wildman–Crippen LogP) is 3.28. The van der Waals surface area contributed by atoms with Crippen LogP contribution in [-0.4, -0.2) is 35.6 Å². The molecule has 1 aromatic rings. The van der Waals surface area contributed by atoms with Crippen LogP contribution in [0.15, 0.2) is 0 Å². The summed E-state index contributed by atoms with van der Waals surface area (Å²) in [4.78, 5) is 8.73. The molecule has 4 heteroatoms. The zero-order valence-corrected chi connectivity index (χ0v) is 13.8. The number of likely N-dealkylation sites (tertiary alicyclic amines) is 1. The molecule has 3 rings (SSSR count). The van der Waals surface area contributed by atoms with Crippen molar-refractivity contribution >= 4 is 11.3 Å². The van der Waals surface area contributed by atoms with Gasteiger partial charge in [0.05, 0.1) is 16.7 Å². The molecule has 1 saturated heterocycles. The zero-order chi connectivity index (χ0) is 14.1. The Kier molecular flexibility index (Phi) is 4.43. The minimum atomic E-state index is 0.476. The molecule has 1 atom stereocenters. The van der Waals surface area contributed by atoms with Crippen molar-refractivity contribution in [3.8, 4) is 0 Å². The fourth-order valence-corrected chi connectivity index (χ4v) is 4.16. The summed E-state index contributed by atoms with van der Waals surface area (Å²) in [6.07, 6.45) is 5.48. The van der Waals surface area contributed by atoms with Crippen molar-refractivity contribution in [2.75, 3.05) is 19.6 Å². The number of thiazole rings is 1. The van der Waals surface area contributed by atoms with Crippen LogP contribution in [0.1, 0.15) is 54.2 Å². The van der Waals surface area contributed by atoms with E-state index in [2.05, 4.69) is 31.0 Å². The number of hydrogen-bond donors (Lipinski definition) is 1. The molecule has 0 amide bonds. The second-order valence-electron chi connectivity index (χ2n) is 6.51. The van der Waals surface area contributed by atoms with Gasteiger partial charge in [-0.2, -0.15) is 0 Å². The molecule has 1 aliphatic heterocycles. The van der Waals surface area contributed by atoms with Crippen LogP contribution in [-0.2, 0) is 0 Å². The number of nitrogens with zero attached hydrogens (tertiary/aromatic N) is 2. The first kappa shape index (κ1) is 14.5. The zero-order valence-electron chi connectivity index (χ0n) is 13.0. The Morgan fingerprint density at radius 1 is 1.25 bits per heavy atom. The molecular weight excluding hydrogens is 266 g/mol. The van der Waals surface area contributed by atoms with E-state index in [0.29, 0.717) is 6.04 Å². The van der Waals surface area contributed by atoms with Crippen LogP contribution < -0.4 is 5.32 Å². The normalized spacial score (nSPS) is 23.1. The van der Waals surface area contributed by atoms with Crippen molar-refractivity contribution in [2.45, 2.75) is 58.5 Å². The molecule has 2 heterocycles. The average Bonchev–Trinajstić information content (AvgIpc) is 3.21. The fourth-order valence-electron chi connectivity index (χ4n) is 3.25. The van der Waals surface area contributed by atoms with E-state index in [1.54, 1.807) is 0 Å². The summed E-state index contributed by atoms with van der Waals surface area (Å²) in [6, 6.07) is 1.22. The lowest BCUT2D eigenvalue weighted by Gasteiger charge is -2.36. The summed E-state index contributed by atoms with van der Waals surface area (Å²) in [5, 5.41) is 4.96. The van der Waals surface area contributed by atoms with Crippen LogP contribution >= 0.6 is 11.3 Å². The van der Waals surface area contributed by atoms with E-state index in [9.17, 15) is 0 Å². The molecule has 2 fully saturated rings. The number of aryl methyl sites for hydroxylation is 2. The summed E-state index contributed by atoms with van der Waals surface area (Å²) in [7, 11) is 0. The maximum atomic E-state index is 4.73. The molecule has 1 aromatic heterocycles. The Labute approximate surface area is 126 Å². The van der Waals surface area contributed by atoms with Gasteiger partial charge in [0.15, 0.2) is 0 Å². The first-order valence-corrected chi connectivity index (χ1v) is 8.86. The molecule has 1 unspecified atom stereocenters. The van der Waals surface area contributed by atoms with Gasteiger partial charge in [-0.3, -0.25) is 4.90 Å². The monoisotopic (exact) mass is 293 g/mol. The van der Waals surface area contributed by atoms with Crippen molar-refractivity contribution in [1.82, 2.24) is 15.2 Å². The Hall–Kier alpha value is -0.450. The molecule has 20 heavy (non-hydrogen) atoms. The SMILES string of the molecule is Cc1nc(C(C)N2CCC(NCC3CC3)CC2)c(C)s1. The van der Waals surface area contributed by atoms with Crippen LogP contribution in [0.4, 0.5) is 0 Å². The molecule has 3 nitrogen and oxygen atoms in total. The van der Waals surface area contributed by atoms with Crippen LogP contribution in [0.25, 0.3) is 0 Å². The van der Waals surface area contributed by atoms with Crippen molar-refractivity contribution in [3.05, 3.63) is 15.6 Å². The van der Waals surface area contributed by atoms with Gasteiger partial charge in [0.2, 0.25) is 0 Å². The largest absolute Gasteiger partial charge is 0.314 e. The van der Waals surface area contributed by atoms with Crippen molar-refractivity contribution in [3.63, 3.8) is 0 Å². The predicted molar refractivity (Wildman–Crippen MR) is 85.3 cm³/mol. The second-order valence-corrected chi connectivity index (χ2v) is 7.92. The Morgan fingerprint density at radius 3 is 2.50 bits per heavy atom. The number of hydrogen-bond acceptors (Lipinski definition) is 4. The van der Waals surface area contributed by atoms with Gasteiger partial charge in [-0.05, 0) is 58.9 Å². The van der Waals surface area contributed by atoms with Crippen LogP contribution in [0.5, 0.6) is 0 Å². The first-order valence-electron chi connectivity index (χ1n) is 8.05. The molecule has 0 spiro atoms. The minimum Gasteiger partial charge on any atom is -0.314 e. The first-order chi connectivity index (χ1) is 9.63. The standard InChI is InChI=1S/C16H27N3S/c1-11(16-12(2)20-13(3)18-16)19-8-6-15(7-9-19)17-10-14-4-5-14/h11,14-15,17H,4-10H2,1-3H3. The number of aromatic nitrogens is 1. The molecule has 1 N–H and O–H groups in total. The van der Waals surface area contributed by atoms with Gasteiger partial charge in [-0.1, -0.05) is 0 Å². The highest BCUT2D eigenvalue weighted by atomic mass is 32.1. The number of piperidine rings is 1. The van der Waals surface area contributed by atoms with Crippen molar-refractivity contribution in [2.24, 2.45) is 5.92 Å². The van der Waals surface area contributed by atoms with E-state index >= 15 is 0 Å². The van der Waals surface area contributed by atoms with E-state index < -0.39 is 0 Å². The van der Waals surface area contributed by atoms with E-state index in [-0.39, 0.29) is 0 Å². The van der Waals surface area contributed by atoms with Crippen LogP contribution in [0, 0.1) is 19.8 Å². The summed E-state index contributed by atoms with van der Waals surface area (Å²) >= 11 is 1.83. The molecule has 112 valence electrons. The van der Waals surface area contributed by atoms with Crippen LogP contribution in [0.3, 0.4) is 0 Å². The summed E-state index contributed by atoms with van der Waals surface area (Å²) in [5.41, 5.74) is 1.30. The van der Waals surface area contributed by atoms with Gasteiger partial charge in [0, 0.05) is 24.0 Å². The van der Waals surface area contributed by atoms with Crippen molar-refractivity contribution in [1.29, 1.82) is 0 Å². The average molecular weight is 293 g/mol. The minimum absolute atomic E-state index is 0.476. The second kappa shape index (κ2) is 6.12. The quantitative estimate of drug-likeness (QED) is 0.903. The highest BCUT2D eigenvalue weighted by molar-refractivity contribution is 7.11. The highest BCUT2D eigenvalue weighted by Crippen LogP contribution is 2.30. The molecule has 0 radical (unpaired) electrons. The summed E-state index contributed by atoms with van der Waals surface area (Å²) in [6.45, 7) is 10.3. The third kappa shape index (κ3) is 3.41. The third-order valence-corrected chi connectivity index (χ3v) is 5.71. The molecular formula is C16H27N3S. The smallest absolute Gasteiger partial charge is 0.0900 e. The van der Waals surface area contributed by atoms with E-state index in [0.717, 1.165) is 12.0 Å². The molecule has 0 aromatic carbocycles. The molecule has 1 saturated carbocycles. The lowest BCUT2D eigenvalue weighted by molar-refractivity contribution is 0.150. The summed E-state index contributed by atoms with van der Waals surface area (Å²) < 4.78 is 0. The van der Waals surface area contributed by atoms with Gasteiger partial charge in [0.1, 0.15) is 0 Å². The Balaban J connectivity index is 1.50. The van der Waals surface area contributed by atoms with Gasteiger partial charge >= 0.3 is 0 Å². The topological polar surface area (TPSA) is 28.2 Å². The van der Waals surface area contributed by atoms with E-state index in [1.165, 1.54) is 60.9 Å². The van der Waals surface area contributed by atoms with E-state index in [1.807, 2.05) is 11.3 Å². The Morgan fingerprint density at radius 2 is 1.95 bits per heavy atom. The molecule has 2 aliphatic rings. The lowest BCUT2D eigenvalue weighted by atomic mass is 10.0. The van der Waals surface area contributed by atoms with Gasteiger partial charge < -0.3 is 5.32 Å². The van der Waals surface area contributed by atoms with E-state index in [4.69, 9.17) is 4.98 Å². The fraction of sp³-hybridized carbons (Fsp3) is 0.812. The number of nitrogens with one attached hydrogen (secondary N) is 1. The summed E-state index contributed by atoms with van der Waals surface area (Å²) in [5.74, 6) is 0.993. The molecule has 0 bridgehead atoms. The maximum absolute atomic E-state index is 4.73.